The Bertz CT molecular complexity index is 749. The highest BCUT2D eigenvalue weighted by atomic mass is 16.5. The average molecular weight is 397 g/mol. The molecule has 1 atom stereocenters. The van der Waals surface area contributed by atoms with Crippen LogP contribution in [0.25, 0.3) is 6.08 Å². The van der Waals surface area contributed by atoms with Crippen LogP contribution in [0.15, 0.2) is 30.3 Å². The number of amides is 2. The van der Waals surface area contributed by atoms with Gasteiger partial charge in [-0.2, -0.15) is 0 Å². The van der Waals surface area contributed by atoms with Gasteiger partial charge in [-0.1, -0.05) is 12.1 Å². The Labute approximate surface area is 173 Å². The number of rotatable bonds is 7. The van der Waals surface area contributed by atoms with Crippen LogP contribution in [0.5, 0.6) is 5.75 Å². The zero-order valence-corrected chi connectivity index (χ0v) is 17.4. The lowest BCUT2D eigenvalue weighted by molar-refractivity contribution is -0.128. The molecule has 4 bridgehead atoms. The van der Waals surface area contributed by atoms with E-state index in [9.17, 15) is 9.59 Å². The number of carbonyl (C=O) groups is 2. The molecule has 4 aliphatic rings. The van der Waals surface area contributed by atoms with Crippen molar-refractivity contribution in [1.82, 2.24) is 10.6 Å². The molecular weight excluding hydrogens is 364 g/mol. The van der Waals surface area contributed by atoms with Crippen LogP contribution in [0.4, 0.5) is 0 Å². The van der Waals surface area contributed by atoms with Crippen molar-refractivity contribution < 1.29 is 14.3 Å². The molecule has 1 unspecified atom stereocenters. The third-order valence-corrected chi connectivity index (χ3v) is 7.10. The molecule has 0 aromatic heterocycles. The van der Waals surface area contributed by atoms with Gasteiger partial charge in [-0.15, -0.1) is 0 Å². The Morgan fingerprint density at radius 1 is 1.10 bits per heavy atom. The molecule has 156 valence electrons. The molecule has 29 heavy (non-hydrogen) atoms. The van der Waals surface area contributed by atoms with Crippen LogP contribution >= 0.6 is 0 Å². The van der Waals surface area contributed by atoms with E-state index in [-0.39, 0.29) is 11.8 Å². The minimum atomic E-state index is -0.545. The van der Waals surface area contributed by atoms with Crippen molar-refractivity contribution in [2.24, 2.45) is 23.2 Å². The van der Waals surface area contributed by atoms with Gasteiger partial charge >= 0.3 is 0 Å². The number of methoxy groups -OCH3 is 1. The molecular formula is C24H32N2O3. The maximum absolute atomic E-state index is 12.6. The standard InChI is InChI=1S/C24H32N2O3/c1-16(26-22(27)8-5-17-3-6-21(29-2)7-4-17)23(28)25-15-24-12-18-9-19(13-24)11-20(10-18)14-24/h3-8,16,18-20H,9-15H2,1-2H3,(H,25,28)(H,26,27)/b8-5+. The van der Waals surface area contributed by atoms with Crippen LogP contribution in [0.1, 0.15) is 51.0 Å². The Hall–Kier alpha value is -2.30. The molecule has 0 radical (unpaired) electrons. The van der Waals surface area contributed by atoms with Gasteiger partial charge in [0.1, 0.15) is 11.8 Å². The van der Waals surface area contributed by atoms with E-state index in [0.29, 0.717) is 5.41 Å². The van der Waals surface area contributed by atoms with Crippen molar-refractivity contribution in [2.45, 2.75) is 51.5 Å². The Morgan fingerprint density at radius 2 is 1.69 bits per heavy atom. The molecule has 5 rings (SSSR count). The van der Waals surface area contributed by atoms with Crippen molar-refractivity contribution >= 4 is 17.9 Å². The highest BCUT2D eigenvalue weighted by Gasteiger charge is 2.50. The fourth-order valence-electron chi connectivity index (χ4n) is 6.15. The lowest BCUT2D eigenvalue weighted by atomic mass is 9.49. The minimum absolute atomic E-state index is 0.0908. The third-order valence-electron chi connectivity index (χ3n) is 7.10. The summed E-state index contributed by atoms with van der Waals surface area (Å²) in [6, 6.07) is 6.90. The van der Waals surface area contributed by atoms with Crippen molar-refractivity contribution in [3.63, 3.8) is 0 Å². The number of hydrogen-bond donors (Lipinski definition) is 2. The predicted molar refractivity (Wildman–Crippen MR) is 113 cm³/mol. The van der Waals surface area contributed by atoms with Gasteiger partial charge in [0.2, 0.25) is 11.8 Å². The van der Waals surface area contributed by atoms with E-state index in [2.05, 4.69) is 10.6 Å². The maximum atomic E-state index is 12.6. The van der Waals surface area contributed by atoms with Gasteiger partial charge in [0.05, 0.1) is 7.11 Å². The zero-order valence-electron chi connectivity index (χ0n) is 17.4. The molecule has 5 heteroatoms. The number of benzene rings is 1. The van der Waals surface area contributed by atoms with Gasteiger partial charge in [-0.25, -0.2) is 0 Å². The summed E-state index contributed by atoms with van der Waals surface area (Å²) < 4.78 is 5.13. The van der Waals surface area contributed by atoms with Gasteiger partial charge in [-0.3, -0.25) is 9.59 Å². The molecule has 1 aromatic rings. The van der Waals surface area contributed by atoms with Crippen molar-refractivity contribution in [2.75, 3.05) is 13.7 Å². The van der Waals surface area contributed by atoms with Crippen molar-refractivity contribution in [3.8, 4) is 5.75 Å². The molecule has 5 nitrogen and oxygen atoms in total. The smallest absolute Gasteiger partial charge is 0.244 e. The molecule has 4 fully saturated rings. The Morgan fingerprint density at radius 3 is 2.24 bits per heavy atom. The number of ether oxygens (including phenoxy) is 1. The number of carbonyl (C=O) groups excluding carboxylic acids is 2. The normalized spacial score (nSPS) is 30.9. The average Bonchev–Trinajstić information content (AvgIpc) is 2.70. The molecule has 0 saturated heterocycles. The van der Waals surface area contributed by atoms with E-state index in [1.54, 1.807) is 20.1 Å². The second-order valence-electron chi connectivity index (χ2n) is 9.47. The summed E-state index contributed by atoms with van der Waals surface area (Å²) in [4.78, 5) is 24.7. The van der Waals surface area contributed by atoms with Crippen LogP contribution in [-0.4, -0.2) is 31.5 Å². The second kappa shape index (κ2) is 8.21. The predicted octanol–water partition coefficient (Wildman–Crippen LogP) is 3.55. The van der Waals surface area contributed by atoms with Gasteiger partial charge < -0.3 is 15.4 Å². The Balaban J connectivity index is 1.25. The van der Waals surface area contributed by atoms with E-state index < -0.39 is 6.04 Å². The van der Waals surface area contributed by atoms with Crippen LogP contribution in [-0.2, 0) is 9.59 Å². The SMILES string of the molecule is COc1ccc(/C=C/C(=O)NC(C)C(=O)NCC23CC4CC(CC(C4)C2)C3)cc1. The molecule has 4 saturated carbocycles. The Kier molecular flexibility index (Phi) is 5.66. The van der Waals surface area contributed by atoms with E-state index in [0.717, 1.165) is 35.6 Å². The van der Waals surface area contributed by atoms with Crippen molar-refractivity contribution in [3.05, 3.63) is 35.9 Å². The molecule has 2 N–H and O–H groups in total. The first-order valence-corrected chi connectivity index (χ1v) is 10.8. The van der Waals surface area contributed by atoms with E-state index in [1.165, 1.54) is 44.6 Å². The van der Waals surface area contributed by atoms with E-state index in [4.69, 9.17) is 4.74 Å². The topological polar surface area (TPSA) is 67.4 Å². The molecule has 4 aliphatic carbocycles. The maximum Gasteiger partial charge on any atom is 0.244 e. The van der Waals surface area contributed by atoms with Gasteiger partial charge in [-0.05, 0) is 92.4 Å². The molecule has 1 aromatic carbocycles. The monoisotopic (exact) mass is 396 g/mol. The molecule has 0 spiro atoms. The van der Waals surface area contributed by atoms with Gasteiger partial charge in [0.25, 0.3) is 0 Å². The first-order chi connectivity index (χ1) is 13.9. The first kappa shape index (κ1) is 20.0. The molecule has 2 amide bonds. The fraction of sp³-hybridized carbons (Fsp3) is 0.583. The summed E-state index contributed by atoms with van der Waals surface area (Å²) in [5.74, 6) is 3.04. The summed E-state index contributed by atoms with van der Waals surface area (Å²) in [7, 11) is 1.62. The lowest BCUT2D eigenvalue weighted by Gasteiger charge is -2.57. The zero-order chi connectivity index (χ0) is 20.4. The quantitative estimate of drug-likeness (QED) is 0.693. The molecule has 0 heterocycles. The number of nitrogens with one attached hydrogen (secondary N) is 2. The summed E-state index contributed by atoms with van der Waals surface area (Å²) in [5.41, 5.74) is 1.21. The summed E-state index contributed by atoms with van der Waals surface area (Å²) in [6.07, 6.45) is 11.2. The van der Waals surface area contributed by atoms with Crippen LogP contribution in [0.3, 0.4) is 0 Å². The lowest BCUT2D eigenvalue weighted by Crippen LogP contribution is -2.53. The largest absolute Gasteiger partial charge is 0.497 e. The van der Waals surface area contributed by atoms with E-state index >= 15 is 0 Å². The summed E-state index contributed by atoms with van der Waals surface area (Å²) in [5, 5.41) is 5.91. The second-order valence-corrected chi connectivity index (χ2v) is 9.47. The number of hydrogen-bond acceptors (Lipinski definition) is 3. The van der Waals surface area contributed by atoms with Crippen LogP contribution in [0.2, 0.25) is 0 Å². The summed E-state index contributed by atoms with van der Waals surface area (Å²) in [6.45, 7) is 2.51. The van der Waals surface area contributed by atoms with Crippen LogP contribution in [0, 0.1) is 23.2 Å². The van der Waals surface area contributed by atoms with E-state index in [1.807, 2.05) is 24.3 Å². The summed E-state index contributed by atoms with van der Waals surface area (Å²) >= 11 is 0. The minimum Gasteiger partial charge on any atom is -0.497 e. The van der Waals surface area contributed by atoms with Crippen molar-refractivity contribution in [1.29, 1.82) is 0 Å². The van der Waals surface area contributed by atoms with Gasteiger partial charge in [0.15, 0.2) is 0 Å². The highest BCUT2D eigenvalue weighted by Crippen LogP contribution is 2.59. The van der Waals surface area contributed by atoms with Gasteiger partial charge in [0, 0.05) is 12.6 Å². The third kappa shape index (κ3) is 4.65. The first-order valence-electron chi connectivity index (χ1n) is 10.8. The molecule has 0 aliphatic heterocycles. The fourth-order valence-corrected chi connectivity index (χ4v) is 6.15. The van der Waals surface area contributed by atoms with Crippen LogP contribution < -0.4 is 15.4 Å². The highest BCUT2D eigenvalue weighted by molar-refractivity contribution is 5.95.